The van der Waals surface area contributed by atoms with Crippen LogP contribution >= 0.6 is 0 Å². The Morgan fingerprint density at radius 1 is 1.33 bits per heavy atom. The van der Waals surface area contributed by atoms with E-state index in [0.717, 1.165) is 37.8 Å². The highest BCUT2D eigenvalue weighted by molar-refractivity contribution is 5.75. The Morgan fingerprint density at radius 3 is 2.53 bits per heavy atom. The second-order valence-electron chi connectivity index (χ2n) is 4.51. The first-order chi connectivity index (χ1) is 7.16. The van der Waals surface area contributed by atoms with Crippen molar-refractivity contribution in [3.05, 3.63) is 0 Å². The van der Waals surface area contributed by atoms with Crippen molar-refractivity contribution in [2.45, 2.75) is 46.1 Å². The number of nitrogens with one attached hydrogen (secondary N) is 1. The molecule has 1 saturated carbocycles. The fourth-order valence-electron chi connectivity index (χ4n) is 1.76. The number of rotatable bonds is 7. The average molecular weight is 213 g/mol. The Bertz CT molecular complexity index is 198. The van der Waals surface area contributed by atoms with Crippen LogP contribution in [0.2, 0.25) is 0 Å². The van der Waals surface area contributed by atoms with Gasteiger partial charge in [-0.1, -0.05) is 20.8 Å². The summed E-state index contributed by atoms with van der Waals surface area (Å²) in [6, 6.07) is 0. The molecule has 88 valence electrons. The van der Waals surface area contributed by atoms with E-state index >= 15 is 0 Å². The van der Waals surface area contributed by atoms with Crippen molar-refractivity contribution in [2.24, 2.45) is 11.8 Å². The summed E-state index contributed by atoms with van der Waals surface area (Å²) < 4.78 is 5.67. The van der Waals surface area contributed by atoms with Crippen molar-refractivity contribution in [1.82, 2.24) is 5.32 Å². The van der Waals surface area contributed by atoms with Gasteiger partial charge in [0.05, 0.1) is 6.10 Å². The van der Waals surface area contributed by atoms with Crippen LogP contribution in [-0.2, 0) is 9.53 Å². The number of hydrogen-bond acceptors (Lipinski definition) is 2. The number of amides is 1. The molecule has 1 amide bonds. The van der Waals surface area contributed by atoms with Crippen LogP contribution in [0.25, 0.3) is 0 Å². The molecule has 0 aliphatic heterocycles. The Kier molecular flexibility index (Phi) is 5.09. The van der Waals surface area contributed by atoms with E-state index in [-0.39, 0.29) is 5.91 Å². The molecule has 1 rings (SSSR count). The molecule has 2 unspecified atom stereocenters. The van der Waals surface area contributed by atoms with Gasteiger partial charge in [-0.3, -0.25) is 4.79 Å². The maximum absolute atomic E-state index is 11.1. The molecule has 0 bridgehead atoms. The number of carbonyl (C=O) groups is 1. The molecule has 15 heavy (non-hydrogen) atoms. The molecule has 1 N–H and O–H groups in total. The zero-order valence-electron chi connectivity index (χ0n) is 10.1. The third-order valence-electron chi connectivity index (χ3n) is 3.16. The van der Waals surface area contributed by atoms with Crippen molar-refractivity contribution < 1.29 is 9.53 Å². The van der Waals surface area contributed by atoms with E-state index < -0.39 is 0 Å². The zero-order chi connectivity index (χ0) is 11.3. The molecule has 0 radical (unpaired) electrons. The van der Waals surface area contributed by atoms with E-state index in [0.29, 0.717) is 12.5 Å². The second kappa shape index (κ2) is 6.11. The maximum atomic E-state index is 11.1. The lowest BCUT2D eigenvalue weighted by molar-refractivity contribution is -0.121. The van der Waals surface area contributed by atoms with Gasteiger partial charge in [0.2, 0.25) is 5.91 Å². The molecule has 3 nitrogen and oxygen atoms in total. The summed E-state index contributed by atoms with van der Waals surface area (Å²) in [5.74, 6) is 1.60. The van der Waals surface area contributed by atoms with Gasteiger partial charge >= 0.3 is 0 Å². The highest BCUT2D eigenvalue weighted by atomic mass is 16.5. The highest BCUT2D eigenvalue weighted by Gasteiger charge is 2.43. The third-order valence-corrected chi connectivity index (χ3v) is 3.16. The number of ether oxygens (including phenoxy) is 1. The van der Waals surface area contributed by atoms with Gasteiger partial charge in [-0.25, -0.2) is 0 Å². The van der Waals surface area contributed by atoms with Crippen molar-refractivity contribution >= 4 is 5.91 Å². The molecule has 1 fully saturated rings. The van der Waals surface area contributed by atoms with Gasteiger partial charge in [-0.05, 0) is 24.7 Å². The van der Waals surface area contributed by atoms with Crippen LogP contribution in [0.5, 0.6) is 0 Å². The van der Waals surface area contributed by atoms with Crippen molar-refractivity contribution in [3.63, 3.8) is 0 Å². The van der Waals surface area contributed by atoms with E-state index in [9.17, 15) is 4.79 Å². The molecule has 0 saturated heterocycles. The minimum atomic E-state index is 0.158. The molecule has 1 aliphatic rings. The number of hydrogen-bond donors (Lipinski definition) is 1. The maximum Gasteiger partial charge on any atom is 0.219 e. The minimum Gasteiger partial charge on any atom is -0.378 e. The number of carbonyl (C=O) groups excluding carboxylic acids is 1. The second-order valence-corrected chi connectivity index (χ2v) is 4.51. The van der Waals surface area contributed by atoms with Gasteiger partial charge < -0.3 is 10.1 Å². The lowest BCUT2D eigenvalue weighted by Gasteiger charge is -2.05. The van der Waals surface area contributed by atoms with E-state index in [1.165, 1.54) is 0 Å². The summed E-state index contributed by atoms with van der Waals surface area (Å²) in [4.78, 5) is 11.1. The summed E-state index contributed by atoms with van der Waals surface area (Å²) >= 11 is 0. The first-order valence-electron chi connectivity index (χ1n) is 6.05. The van der Waals surface area contributed by atoms with Gasteiger partial charge in [0.25, 0.3) is 0 Å². The van der Waals surface area contributed by atoms with Gasteiger partial charge in [-0.2, -0.15) is 0 Å². The fraction of sp³-hybridized carbons (Fsp3) is 0.917. The predicted molar refractivity (Wildman–Crippen MR) is 60.6 cm³/mol. The SMILES string of the molecule is CCCC(=O)NCCCOC1C(C)C1C. The van der Waals surface area contributed by atoms with Crippen molar-refractivity contribution in [1.29, 1.82) is 0 Å². The Morgan fingerprint density at radius 2 is 2.00 bits per heavy atom. The lowest BCUT2D eigenvalue weighted by Crippen LogP contribution is -2.24. The summed E-state index contributed by atoms with van der Waals surface area (Å²) in [6.45, 7) is 7.97. The first kappa shape index (κ1) is 12.5. The summed E-state index contributed by atoms with van der Waals surface area (Å²) in [7, 11) is 0. The quantitative estimate of drug-likeness (QED) is 0.657. The molecule has 2 atom stereocenters. The van der Waals surface area contributed by atoms with Crippen LogP contribution in [0, 0.1) is 11.8 Å². The van der Waals surface area contributed by atoms with Crippen molar-refractivity contribution in [2.75, 3.05) is 13.2 Å². The molecule has 0 aromatic carbocycles. The standard InChI is InChI=1S/C12H23NO2/c1-4-6-11(14)13-7-5-8-15-12-9(2)10(12)3/h9-10,12H,4-8H2,1-3H3,(H,13,14). The molecule has 0 spiro atoms. The predicted octanol–water partition coefficient (Wildman–Crippen LogP) is 1.96. The summed E-state index contributed by atoms with van der Waals surface area (Å²) in [6.07, 6.45) is 2.94. The van der Waals surface area contributed by atoms with Gasteiger partial charge in [0.15, 0.2) is 0 Å². The molecule has 0 aromatic heterocycles. The van der Waals surface area contributed by atoms with Crippen LogP contribution in [0.3, 0.4) is 0 Å². The average Bonchev–Trinajstić information content (AvgIpc) is 2.75. The van der Waals surface area contributed by atoms with Crippen molar-refractivity contribution in [3.8, 4) is 0 Å². The Balaban J connectivity index is 1.87. The van der Waals surface area contributed by atoms with E-state index in [2.05, 4.69) is 19.2 Å². The Labute approximate surface area is 92.6 Å². The summed E-state index contributed by atoms with van der Waals surface area (Å²) in [5, 5.41) is 2.88. The smallest absolute Gasteiger partial charge is 0.219 e. The molecule has 0 heterocycles. The summed E-state index contributed by atoms with van der Waals surface area (Å²) in [5.41, 5.74) is 0. The van der Waals surface area contributed by atoms with Crippen LogP contribution in [0.15, 0.2) is 0 Å². The van der Waals surface area contributed by atoms with Crippen LogP contribution < -0.4 is 5.32 Å². The normalized spacial score (nSPS) is 28.9. The minimum absolute atomic E-state index is 0.158. The van der Waals surface area contributed by atoms with E-state index in [1.807, 2.05) is 6.92 Å². The molecular weight excluding hydrogens is 190 g/mol. The largest absolute Gasteiger partial charge is 0.378 e. The highest BCUT2D eigenvalue weighted by Crippen LogP contribution is 2.40. The van der Waals surface area contributed by atoms with Crippen LogP contribution in [-0.4, -0.2) is 25.2 Å². The van der Waals surface area contributed by atoms with Gasteiger partial charge in [0.1, 0.15) is 0 Å². The van der Waals surface area contributed by atoms with Crippen LogP contribution in [0.1, 0.15) is 40.0 Å². The van der Waals surface area contributed by atoms with Crippen LogP contribution in [0.4, 0.5) is 0 Å². The topological polar surface area (TPSA) is 38.3 Å². The molecule has 3 heteroatoms. The zero-order valence-corrected chi connectivity index (χ0v) is 10.1. The third kappa shape index (κ3) is 4.20. The van der Waals surface area contributed by atoms with Gasteiger partial charge in [0, 0.05) is 19.6 Å². The van der Waals surface area contributed by atoms with Gasteiger partial charge in [-0.15, -0.1) is 0 Å². The lowest BCUT2D eigenvalue weighted by atomic mass is 10.3. The molecule has 0 aromatic rings. The molecule has 1 aliphatic carbocycles. The monoisotopic (exact) mass is 213 g/mol. The van der Waals surface area contributed by atoms with E-state index in [1.54, 1.807) is 0 Å². The van der Waals surface area contributed by atoms with E-state index in [4.69, 9.17) is 4.74 Å². The fourth-order valence-corrected chi connectivity index (χ4v) is 1.76. The first-order valence-corrected chi connectivity index (χ1v) is 6.05. The Hall–Kier alpha value is -0.570. The molecular formula is C12H23NO2.